The van der Waals surface area contributed by atoms with Gasteiger partial charge in [0.15, 0.2) is 5.78 Å². The van der Waals surface area contributed by atoms with Gasteiger partial charge in [-0.2, -0.15) is 0 Å². The van der Waals surface area contributed by atoms with Crippen LogP contribution in [-0.2, 0) is 4.79 Å². The highest BCUT2D eigenvalue weighted by molar-refractivity contribution is 5.90. The molecular weight excluding hydrogens is 233 g/mol. The molecule has 0 saturated carbocycles. The monoisotopic (exact) mass is 253 g/mol. The van der Waals surface area contributed by atoms with Crippen LogP contribution in [-0.4, -0.2) is 18.9 Å². The van der Waals surface area contributed by atoms with Crippen molar-refractivity contribution in [1.82, 2.24) is 5.32 Å². The third kappa shape index (κ3) is 10.2. The Balaban J connectivity index is 0. The fourth-order valence-corrected chi connectivity index (χ4v) is 1.49. The van der Waals surface area contributed by atoms with Crippen LogP contribution in [0.2, 0.25) is 0 Å². The van der Waals surface area contributed by atoms with Crippen molar-refractivity contribution in [3.8, 4) is 0 Å². The molecule has 0 aromatic carbocycles. The number of ketones is 1. The molecule has 1 heterocycles. The van der Waals surface area contributed by atoms with Gasteiger partial charge in [0.25, 0.3) is 0 Å². The molecule has 90 valence electrons. The van der Waals surface area contributed by atoms with Gasteiger partial charge >= 0.3 is 0 Å². The Morgan fingerprint density at radius 2 is 1.67 bits per heavy atom. The zero-order valence-corrected chi connectivity index (χ0v) is 10.7. The second-order valence-corrected chi connectivity index (χ2v) is 3.57. The zero-order chi connectivity index (χ0) is 9.36. The van der Waals surface area contributed by atoms with Crippen LogP contribution in [0.5, 0.6) is 0 Å². The molecule has 2 rings (SSSR count). The van der Waals surface area contributed by atoms with Gasteiger partial charge in [-0.1, -0.05) is 12.5 Å². The Bertz CT molecular complexity index is 168. The summed E-state index contributed by atoms with van der Waals surface area (Å²) in [5.74, 6) is 0.284. The zero-order valence-electron chi connectivity index (χ0n) is 9.04. The number of carbonyl (C=O) groups is 1. The maximum Gasteiger partial charge on any atom is 0.155 e. The maximum absolute atomic E-state index is 10.4. The minimum absolute atomic E-state index is 0. The molecule has 0 spiro atoms. The largest absolute Gasteiger partial charge is 0.317 e. The topological polar surface area (TPSA) is 29.1 Å². The molecule has 4 heteroatoms. The molecule has 0 atom stereocenters. The van der Waals surface area contributed by atoms with E-state index in [2.05, 4.69) is 5.32 Å². The molecule has 1 saturated heterocycles. The Labute approximate surface area is 105 Å². The third-order valence-corrected chi connectivity index (χ3v) is 2.30. The molecule has 1 aliphatic heterocycles. The lowest BCUT2D eigenvalue weighted by molar-refractivity contribution is -0.114. The first-order chi connectivity index (χ1) is 6.39. The van der Waals surface area contributed by atoms with Crippen molar-refractivity contribution in [3.63, 3.8) is 0 Å². The molecule has 0 unspecified atom stereocenters. The SMILES string of the molecule is C1CCNCC1.Cl.Cl.O=C1C=CCCC1. The minimum atomic E-state index is 0. The van der Waals surface area contributed by atoms with Crippen molar-refractivity contribution >= 4 is 30.6 Å². The van der Waals surface area contributed by atoms with Gasteiger partial charge in [-0.05, 0) is 44.8 Å². The quantitative estimate of drug-likeness (QED) is 0.720. The van der Waals surface area contributed by atoms with E-state index in [-0.39, 0.29) is 30.6 Å². The first kappa shape index (κ1) is 17.3. The standard InChI is InChI=1S/C6H8O.C5H11N.2ClH/c7-6-4-2-1-3-5-6;1-2-4-6-5-3-1;;/h2,4H,1,3,5H2;6H,1-5H2;2*1H. The number of halogens is 2. The minimum Gasteiger partial charge on any atom is -0.317 e. The summed E-state index contributed by atoms with van der Waals surface area (Å²) in [6, 6.07) is 0. The highest BCUT2D eigenvalue weighted by Gasteiger charge is 1.98. The van der Waals surface area contributed by atoms with Crippen LogP contribution in [0.25, 0.3) is 0 Å². The predicted molar refractivity (Wildman–Crippen MR) is 69.2 cm³/mol. The molecule has 1 fully saturated rings. The van der Waals surface area contributed by atoms with Gasteiger partial charge < -0.3 is 5.32 Å². The summed E-state index contributed by atoms with van der Waals surface area (Å²) in [5.41, 5.74) is 0. The van der Waals surface area contributed by atoms with Gasteiger partial charge in [-0.25, -0.2) is 0 Å². The van der Waals surface area contributed by atoms with E-state index in [9.17, 15) is 4.79 Å². The van der Waals surface area contributed by atoms with Crippen molar-refractivity contribution in [1.29, 1.82) is 0 Å². The lowest BCUT2D eigenvalue weighted by atomic mass is 10.1. The fourth-order valence-electron chi connectivity index (χ4n) is 1.49. The van der Waals surface area contributed by atoms with E-state index in [1.165, 1.54) is 32.4 Å². The first-order valence-corrected chi connectivity index (χ1v) is 5.30. The van der Waals surface area contributed by atoms with Crippen LogP contribution in [0.3, 0.4) is 0 Å². The number of carbonyl (C=O) groups excluding carboxylic acids is 1. The highest BCUT2D eigenvalue weighted by Crippen LogP contribution is 2.04. The number of allylic oxidation sites excluding steroid dienone is 2. The summed E-state index contributed by atoms with van der Waals surface area (Å²) < 4.78 is 0. The summed E-state index contributed by atoms with van der Waals surface area (Å²) in [6.45, 7) is 2.50. The van der Waals surface area contributed by atoms with Crippen LogP contribution >= 0.6 is 24.8 Å². The summed E-state index contributed by atoms with van der Waals surface area (Å²) in [5, 5.41) is 3.28. The Morgan fingerprint density at radius 1 is 1.00 bits per heavy atom. The smallest absolute Gasteiger partial charge is 0.155 e. The van der Waals surface area contributed by atoms with Crippen molar-refractivity contribution in [2.75, 3.05) is 13.1 Å². The molecule has 1 N–H and O–H groups in total. The molecule has 1 aliphatic carbocycles. The predicted octanol–water partition coefficient (Wildman–Crippen LogP) is 2.90. The highest BCUT2D eigenvalue weighted by atomic mass is 35.5. The van der Waals surface area contributed by atoms with Crippen molar-refractivity contribution in [2.24, 2.45) is 0 Å². The van der Waals surface area contributed by atoms with Gasteiger partial charge in [0.05, 0.1) is 0 Å². The number of piperidine rings is 1. The second kappa shape index (κ2) is 12.0. The molecule has 15 heavy (non-hydrogen) atoms. The lowest BCUT2D eigenvalue weighted by Crippen LogP contribution is -2.21. The lowest BCUT2D eigenvalue weighted by Gasteiger charge is -2.08. The molecular formula is C11H21Cl2NO. The van der Waals surface area contributed by atoms with Crippen LogP contribution in [0.1, 0.15) is 38.5 Å². The summed E-state index contributed by atoms with van der Waals surface area (Å²) >= 11 is 0. The van der Waals surface area contributed by atoms with Gasteiger partial charge in [-0.15, -0.1) is 24.8 Å². The maximum atomic E-state index is 10.4. The van der Waals surface area contributed by atoms with Crippen LogP contribution < -0.4 is 5.32 Å². The van der Waals surface area contributed by atoms with E-state index in [0.29, 0.717) is 0 Å². The average Bonchev–Trinajstić information content (AvgIpc) is 2.22. The average molecular weight is 254 g/mol. The van der Waals surface area contributed by atoms with Crippen molar-refractivity contribution in [3.05, 3.63) is 12.2 Å². The van der Waals surface area contributed by atoms with Crippen LogP contribution in [0.15, 0.2) is 12.2 Å². The Morgan fingerprint density at radius 3 is 1.87 bits per heavy atom. The van der Waals surface area contributed by atoms with Crippen molar-refractivity contribution in [2.45, 2.75) is 38.5 Å². The van der Waals surface area contributed by atoms with Crippen molar-refractivity contribution < 1.29 is 4.79 Å². The van der Waals surface area contributed by atoms with E-state index >= 15 is 0 Å². The number of nitrogens with one attached hydrogen (secondary N) is 1. The second-order valence-electron chi connectivity index (χ2n) is 3.57. The number of rotatable bonds is 0. The summed E-state index contributed by atoms with van der Waals surface area (Å²) in [4.78, 5) is 10.4. The van der Waals surface area contributed by atoms with E-state index in [4.69, 9.17) is 0 Å². The Hall–Kier alpha value is -0.0500. The molecule has 0 bridgehead atoms. The first-order valence-electron chi connectivity index (χ1n) is 5.30. The van der Waals surface area contributed by atoms with Crippen LogP contribution in [0, 0.1) is 0 Å². The Kier molecular flexibility index (Phi) is 13.9. The van der Waals surface area contributed by atoms with E-state index < -0.39 is 0 Å². The van der Waals surface area contributed by atoms with Gasteiger partial charge in [0.1, 0.15) is 0 Å². The molecule has 0 aromatic heterocycles. The fraction of sp³-hybridized carbons (Fsp3) is 0.727. The van der Waals surface area contributed by atoms with E-state index in [0.717, 1.165) is 19.3 Å². The summed E-state index contributed by atoms with van der Waals surface area (Å²) in [7, 11) is 0. The molecule has 0 amide bonds. The normalized spacial score (nSPS) is 19.1. The summed E-state index contributed by atoms with van der Waals surface area (Å²) in [6.07, 6.45) is 10.7. The van der Waals surface area contributed by atoms with Gasteiger partial charge in [0, 0.05) is 6.42 Å². The number of hydrogen-bond donors (Lipinski definition) is 1. The molecule has 0 aromatic rings. The molecule has 2 aliphatic rings. The van der Waals surface area contributed by atoms with Gasteiger partial charge in [0.2, 0.25) is 0 Å². The molecule has 2 nitrogen and oxygen atoms in total. The molecule has 0 radical (unpaired) electrons. The van der Waals surface area contributed by atoms with E-state index in [1.807, 2.05) is 6.08 Å². The number of hydrogen-bond acceptors (Lipinski definition) is 2. The van der Waals surface area contributed by atoms with Crippen LogP contribution in [0.4, 0.5) is 0 Å². The third-order valence-electron chi connectivity index (χ3n) is 2.30. The van der Waals surface area contributed by atoms with Gasteiger partial charge in [-0.3, -0.25) is 4.79 Å². The van der Waals surface area contributed by atoms with E-state index in [1.54, 1.807) is 6.08 Å².